The molecule has 0 saturated carbocycles. The summed E-state index contributed by atoms with van der Waals surface area (Å²) in [6, 6.07) is 17.6. The van der Waals surface area contributed by atoms with E-state index in [2.05, 4.69) is 0 Å². The first-order valence-corrected chi connectivity index (χ1v) is 6.47. The van der Waals surface area contributed by atoms with Gasteiger partial charge in [0.15, 0.2) is 0 Å². The fourth-order valence-corrected chi connectivity index (χ4v) is 2.07. The van der Waals surface area contributed by atoms with Crippen molar-refractivity contribution in [3.05, 3.63) is 71.8 Å². The maximum absolute atomic E-state index is 14.1. The highest BCUT2D eigenvalue weighted by molar-refractivity contribution is 6.01. The van der Waals surface area contributed by atoms with E-state index in [4.69, 9.17) is 5.26 Å². The molecule has 106 valence electrons. The van der Waals surface area contributed by atoms with E-state index in [1.54, 1.807) is 36.4 Å². The summed E-state index contributed by atoms with van der Waals surface area (Å²) in [5, 5.41) is 9.10. The van der Waals surface area contributed by atoms with Crippen molar-refractivity contribution in [3.8, 4) is 6.07 Å². The van der Waals surface area contributed by atoms with Gasteiger partial charge in [-0.05, 0) is 5.56 Å². The van der Waals surface area contributed by atoms with E-state index in [9.17, 15) is 13.6 Å². The van der Waals surface area contributed by atoms with E-state index in [1.807, 2.05) is 6.07 Å². The van der Waals surface area contributed by atoms with Gasteiger partial charge >= 0.3 is 5.92 Å². The molecule has 0 N–H and O–H groups in total. The summed E-state index contributed by atoms with van der Waals surface area (Å²) in [6.45, 7) is 0. The topological polar surface area (TPSA) is 40.9 Å². The minimum absolute atomic E-state index is 0.0488. The molecule has 1 unspecified atom stereocenters. The van der Waals surface area contributed by atoms with Crippen LogP contribution in [0, 0.1) is 11.3 Å². The number of carbonyl (C=O) groups is 1. The highest BCUT2D eigenvalue weighted by Gasteiger charge is 2.41. The van der Waals surface area contributed by atoms with Crippen LogP contribution in [0.3, 0.4) is 0 Å². The van der Waals surface area contributed by atoms with Gasteiger partial charge in [-0.25, -0.2) is 0 Å². The van der Waals surface area contributed by atoms with Crippen LogP contribution in [0.4, 0.5) is 8.78 Å². The van der Waals surface area contributed by atoms with Crippen molar-refractivity contribution in [1.82, 2.24) is 0 Å². The van der Waals surface area contributed by atoms with E-state index in [0.717, 1.165) is 0 Å². The Balaban J connectivity index is 2.20. The lowest BCUT2D eigenvalue weighted by atomic mass is 9.91. The van der Waals surface area contributed by atoms with Gasteiger partial charge in [-0.3, -0.25) is 4.79 Å². The van der Waals surface area contributed by atoms with Crippen molar-refractivity contribution in [2.75, 3.05) is 0 Å². The second-order valence-corrected chi connectivity index (χ2v) is 4.70. The Morgan fingerprint density at radius 1 is 1.05 bits per heavy atom. The average Bonchev–Trinajstić information content (AvgIpc) is 2.53. The Labute approximate surface area is 121 Å². The number of alkyl halides is 2. The third-order valence-corrected chi connectivity index (χ3v) is 3.19. The molecule has 0 amide bonds. The lowest BCUT2D eigenvalue weighted by molar-refractivity contribution is 0.00316. The number of benzene rings is 2. The van der Waals surface area contributed by atoms with Gasteiger partial charge in [0.05, 0.1) is 12.0 Å². The van der Waals surface area contributed by atoms with E-state index >= 15 is 0 Å². The lowest BCUT2D eigenvalue weighted by Gasteiger charge is -2.18. The first kappa shape index (κ1) is 14.9. The Hall–Kier alpha value is -2.54. The highest BCUT2D eigenvalue weighted by atomic mass is 19.3. The normalized spacial score (nSPS) is 12.4. The highest BCUT2D eigenvalue weighted by Crippen LogP contribution is 2.32. The van der Waals surface area contributed by atoms with Crippen molar-refractivity contribution >= 4 is 5.78 Å². The van der Waals surface area contributed by atoms with Crippen molar-refractivity contribution in [3.63, 3.8) is 0 Å². The maximum Gasteiger partial charge on any atom is 0.311 e. The largest absolute Gasteiger partial charge is 0.311 e. The van der Waals surface area contributed by atoms with Gasteiger partial charge in [0.25, 0.3) is 0 Å². The minimum Gasteiger partial charge on any atom is -0.287 e. The summed E-state index contributed by atoms with van der Waals surface area (Å²) >= 11 is 0. The number of carbonyl (C=O) groups excluding carboxylic acids is 1. The first-order valence-electron chi connectivity index (χ1n) is 6.47. The second kappa shape index (κ2) is 6.27. The first-order chi connectivity index (χ1) is 10.0. The molecule has 21 heavy (non-hydrogen) atoms. The van der Waals surface area contributed by atoms with Gasteiger partial charge < -0.3 is 0 Å². The van der Waals surface area contributed by atoms with Crippen molar-refractivity contribution in [1.29, 1.82) is 5.26 Å². The number of rotatable bonds is 5. The SMILES string of the molecule is N#CC(CC(F)(F)C(=O)c1ccccc1)c1ccccc1. The smallest absolute Gasteiger partial charge is 0.287 e. The standard InChI is InChI=1S/C17H13F2NO/c18-17(19,16(21)14-9-5-2-6-10-14)11-15(12-20)13-7-3-1-4-8-13/h1-10,15H,11H2. The van der Waals surface area contributed by atoms with Crippen LogP contribution in [-0.4, -0.2) is 11.7 Å². The molecule has 1 atom stereocenters. The van der Waals surface area contributed by atoms with Crippen LogP contribution in [0.2, 0.25) is 0 Å². The maximum atomic E-state index is 14.1. The van der Waals surface area contributed by atoms with Crippen molar-refractivity contribution in [2.45, 2.75) is 18.3 Å². The monoisotopic (exact) mass is 285 g/mol. The van der Waals surface area contributed by atoms with Gasteiger partial charge in [0.2, 0.25) is 5.78 Å². The molecule has 0 radical (unpaired) electrons. The number of hydrogen-bond acceptors (Lipinski definition) is 2. The summed E-state index contributed by atoms with van der Waals surface area (Å²) in [4.78, 5) is 11.9. The molecule has 0 fully saturated rings. The van der Waals surface area contributed by atoms with E-state index in [-0.39, 0.29) is 5.56 Å². The molecule has 2 nitrogen and oxygen atoms in total. The van der Waals surface area contributed by atoms with Gasteiger partial charge in [-0.1, -0.05) is 60.7 Å². The van der Waals surface area contributed by atoms with Crippen LogP contribution in [0.25, 0.3) is 0 Å². The van der Waals surface area contributed by atoms with Gasteiger partial charge in [-0.15, -0.1) is 0 Å². The Kier molecular flexibility index (Phi) is 4.44. The summed E-state index contributed by atoms with van der Waals surface area (Å²) in [5.41, 5.74) is 0.438. The molecule has 2 rings (SSSR count). The zero-order valence-electron chi connectivity index (χ0n) is 11.2. The molecule has 2 aromatic rings. The van der Waals surface area contributed by atoms with E-state index < -0.39 is 24.0 Å². The van der Waals surface area contributed by atoms with E-state index in [1.165, 1.54) is 24.3 Å². The molecule has 0 aromatic heterocycles. The number of halogens is 2. The third kappa shape index (κ3) is 3.51. The number of Topliss-reactive ketones (excluding diaryl/α,β-unsaturated/α-hetero) is 1. The number of hydrogen-bond donors (Lipinski definition) is 0. The number of ketones is 1. The molecule has 0 heterocycles. The van der Waals surface area contributed by atoms with Gasteiger partial charge in [0.1, 0.15) is 0 Å². The number of nitriles is 1. The fourth-order valence-electron chi connectivity index (χ4n) is 2.07. The summed E-state index contributed by atoms with van der Waals surface area (Å²) in [6.07, 6.45) is -0.818. The van der Waals surface area contributed by atoms with Crippen LogP contribution in [-0.2, 0) is 0 Å². The Morgan fingerprint density at radius 2 is 1.57 bits per heavy atom. The van der Waals surface area contributed by atoms with E-state index in [0.29, 0.717) is 5.56 Å². The lowest BCUT2D eigenvalue weighted by Crippen LogP contribution is -2.30. The average molecular weight is 285 g/mol. The number of nitrogens with zero attached hydrogens (tertiary/aromatic N) is 1. The zero-order valence-corrected chi connectivity index (χ0v) is 11.2. The summed E-state index contributed by atoms with van der Waals surface area (Å²) < 4.78 is 28.3. The predicted octanol–water partition coefficient (Wildman–Crippen LogP) is 4.20. The second-order valence-electron chi connectivity index (χ2n) is 4.70. The molecule has 0 spiro atoms. The quantitative estimate of drug-likeness (QED) is 0.772. The molecular weight excluding hydrogens is 272 g/mol. The third-order valence-electron chi connectivity index (χ3n) is 3.19. The minimum atomic E-state index is -3.57. The molecule has 0 aliphatic carbocycles. The molecule has 2 aromatic carbocycles. The zero-order chi connectivity index (χ0) is 15.3. The van der Waals surface area contributed by atoms with Crippen LogP contribution < -0.4 is 0 Å². The van der Waals surface area contributed by atoms with Gasteiger partial charge in [0, 0.05) is 12.0 Å². The molecule has 0 aliphatic heterocycles. The molecular formula is C17H13F2NO. The molecule has 0 saturated heterocycles. The van der Waals surface area contributed by atoms with Crippen molar-refractivity contribution < 1.29 is 13.6 Å². The Morgan fingerprint density at radius 3 is 2.10 bits per heavy atom. The van der Waals surface area contributed by atoms with Crippen LogP contribution in [0.5, 0.6) is 0 Å². The molecule has 0 aliphatic rings. The Bertz CT molecular complexity index is 647. The summed E-state index contributed by atoms with van der Waals surface area (Å²) in [5.74, 6) is -5.84. The summed E-state index contributed by atoms with van der Waals surface area (Å²) in [7, 11) is 0. The van der Waals surface area contributed by atoms with Crippen molar-refractivity contribution in [2.24, 2.45) is 0 Å². The van der Waals surface area contributed by atoms with Gasteiger partial charge in [-0.2, -0.15) is 14.0 Å². The van der Waals surface area contributed by atoms with Crippen LogP contribution in [0.1, 0.15) is 28.3 Å². The molecule has 0 bridgehead atoms. The predicted molar refractivity (Wildman–Crippen MR) is 75.1 cm³/mol. The fraction of sp³-hybridized carbons (Fsp3) is 0.176. The van der Waals surface area contributed by atoms with Crippen LogP contribution in [0.15, 0.2) is 60.7 Å². The molecule has 4 heteroatoms. The van der Waals surface area contributed by atoms with Crippen LogP contribution >= 0.6 is 0 Å².